The van der Waals surface area contributed by atoms with Crippen molar-refractivity contribution in [3.63, 3.8) is 0 Å². The van der Waals surface area contributed by atoms with Gasteiger partial charge in [0.25, 0.3) is 0 Å². The van der Waals surface area contributed by atoms with E-state index >= 15 is 0 Å². The van der Waals surface area contributed by atoms with E-state index in [4.69, 9.17) is 5.73 Å². The Kier molecular flexibility index (Phi) is 6.38. The van der Waals surface area contributed by atoms with E-state index < -0.39 is 24.0 Å². The van der Waals surface area contributed by atoms with Gasteiger partial charge in [0.15, 0.2) is 0 Å². The monoisotopic (exact) mass is 345 g/mol. The molecule has 0 bridgehead atoms. The highest BCUT2D eigenvalue weighted by molar-refractivity contribution is 5.70. The van der Waals surface area contributed by atoms with Crippen LogP contribution in [0.2, 0.25) is 0 Å². The summed E-state index contributed by atoms with van der Waals surface area (Å²) in [5.74, 6) is -1.50. The van der Waals surface area contributed by atoms with Crippen LogP contribution in [-0.2, 0) is 17.6 Å². The molecular weight excluding hydrogens is 322 g/mol. The maximum Gasteiger partial charge on any atom is 0.306 e. The summed E-state index contributed by atoms with van der Waals surface area (Å²) in [5.41, 5.74) is 7.63. The van der Waals surface area contributed by atoms with Crippen LogP contribution in [-0.4, -0.2) is 38.5 Å². The van der Waals surface area contributed by atoms with Gasteiger partial charge in [-0.2, -0.15) is 0 Å². The topological polar surface area (TPSA) is 124 Å². The van der Waals surface area contributed by atoms with Crippen molar-refractivity contribution in [1.82, 2.24) is 0 Å². The minimum Gasteiger partial charge on any atom is -0.508 e. The molecule has 2 aromatic rings. The van der Waals surface area contributed by atoms with Gasteiger partial charge in [-0.15, -0.1) is 0 Å². The molecule has 0 aliphatic carbocycles. The zero-order valence-electron chi connectivity index (χ0n) is 13.7. The predicted molar refractivity (Wildman–Crippen MR) is 93.3 cm³/mol. The predicted octanol–water partition coefficient (Wildman–Crippen LogP) is 1.66. The molecule has 6 nitrogen and oxygen atoms in total. The van der Waals surface area contributed by atoms with E-state index in [0.29, 0.717) is 6.42 Å². The number of aliphatic carboxylic acids is 1. The van der Waals surface area contributed by atoms with Crippen molar-refractivity contribution < 1.29 is 25.2 Å². The number of benzene rings is 2. The Bertz CT molecular complexity index is 684. The number of aromatic hydroxyl groups is 2. The van der Waals surface area contributed by atoms with Crippen molar-refractivity contribution in [2.45, 2.75) is 31.4 Å². The first-order chi connectivity index (χ1) is 11.8. The maximum absolute atomic E-state index is 11.5. The SMILES string of the molecule is N[C@@H](Cc1ccc(O)cc1)[C@@H](O)C[C@@H](Cc1ccc(O)cc1)C(=O)O. The molecular formula is C19H23NO5. The molecule has 0 heterocycles. The van der Waals surface area contributed by atoms with E-state index in [-0.39, 0.29) is 24.3 Å². The number of carbonyl (C=O) groups is 1. The molecule has 6 heteroatoms. The second-order valence-electron chi connectivity index (χ2n) is 6.24. The number of nitrogens with two attached hydrogens (primary N) is 1. The molecule has 0 unspecified atom stereocenters. The fourth-order valence-electron chi connectivity index (χ4n) is 2.69. The first-order valence-corrected chi connectivity index (χ1v) is 8.07. The highest BCUT2D eigenvalue weighted by Gasteiger charge is 2.25. The normalized spacial score (nSPS) is 14.6. The fraction of sp³-hybridized carbons (Fsp3) is 0.316. The summed E-state index contributed by atoms with van der Waals surface area (Å²) >= 11 is 0. The zero-order chi connectivity index (χ0) is 18.4. The quantitative estimate of drug-likeness (QED) is 0.496. The summed E-state index contributed by atoms with van der Waals surface area (Å²) in [4.78, 5) is 11.5. The summed E-state index contributed by atoms with van der Waals surface area (Å²) in [6.07, 6.45) is -0.298. The van der Waals surface area contributed by atoms with Gasteiger partial charge in [-0.3, -0.25) is 4.79 Å². The Hall–Kier alpha value is -2.57. The van der Waals surface area contributed by atoms with Gasteiger partial charge in [-0.25, -0.2) is 0 Å². The van der Waals surface area contributed by atoms with Crippen molar-refractivity contribution in [3.8, 4) is 11.5 Å². The van der Waals surface area contributed by atoms with Crippen LogP contribution in [0.1, 0.15) is 17.5 Å². The van der Waals surface area contributed by atoms with E-state index in [1.54, 1.807) is 36.4 Å². The molecule has 0 saturated heterocycles. The number of carboxylic acid groups (broad SMARTS) is 1. The Morgan fingerprint density at radius 1 is 0.880 bits per heavy atom. The lowest BCUT2D eigenvalue weighted by atomic mass is 9.90. The van der Waals surface area contributed by atoms with Gasteiger partial charge < -0.3 is 26.2 Å². The fourth-order valence-corrected chi connectivity index (χ4v) is 2.69. The number of hydrogen-bond donors (Lipinski definition) is 5. The smallest absolute Gasteiger partial charge is 0.306 e. The van der Waals surface area contributed by atoms with E-state index in [0.717, 1.165) is 11.1 Å². The molecule has 0 aromatic heterocycles. The number of hydrogen-bond acceptors (Lipinski definition) is 5. The number of rotatable bonds is 8. The maximum atomic E-state index is 11.5. The van der Waals surface area contributed by atoms with Crippen molar-refractivity contribution in [3.05, 3.63) is 59.7 Å². The van der Waals surface area contributed by atoms with Gasteiger partial charge in [0.05, 0.1) is 12.0 Å². The minimum atomic E-state index is -0.996. The molecule has 2 rings (SSSR count). The van der Waals surface area contributed by atoms with Crippen LogP contribution in [0.4, 0.5) is 0 Å². The lowest BCUT2D eigenvalue weighted by Gasteiger charge is -2.22. The third-order valence-corrected chi connectivity index (χ3v) is 4.20. The summed E-state index contributed by atoms with van der Waals surface area (Å²) in [5, 5.41) is 38.3. The summed E-state index contributed by atoms with van der Waals surface area (Å²) in [6, 6.07) is 12.2. The lowest BCUT2D eigenvalue weighted by molar-refractivity contribution is -0.142. The lowest BCUT2D eigenvalue weighted by Crippen LogP contribution is -2.39. The molecule has 0 radical (unpaired) electrons. The molecule has 3 atom stereocenters. The van der Waals surface area contributed by atoms with Gasteiger partial charge in [-0.05, 0) is 54.7 Å². The summed E-state index contributed by atoms with van der Waals surface area (Å²) < 4.78 is 0. The van der Waals surface area contributed by atoms with E-state index in [1.165, 1.54) is 12.1 Å². The van der Waals surface area contributed by atoms with Gasteiger partial charge in [0, 0.05) is 6.04 Å². The van der Waals surface area contributed by atoms with Gasteiger partial charge in [-0.1, -0.05) is 24.3 Å². The van der Waals surface area contributed by atoms with Gasteiger partial charge in [0.1, 0.15) is 11.5 Å². The molecule has 2 aromatic carbocycles. The first kappa shape index (κ1) is 18.8. The molecule has 0 aliphatic heterocycles. The largest absolute Gasteiger partial charge is 0.508 e. The third-order valence-electron chi connectivity index (χ3n) is 4.20. The number of aliphatic hydroxyl groups is 1. The average Bonchev–Trinajstić information content (AvgIpc) is 2.58. The number of carboxylic acids is 1. The number of phenols is 2. The first-order valence-electron chi connectivity index (χ1n) is 8.07. The van der Waals surface area contributed by atoms with E-state index in [9.17, 15) is 25.2 Å². The van der Waals surface area contributed by atoms with Crippen LogP contribution in [0.5, 0.6) is 11.5 Å². The van der Waals surface area contributed by atoms with Gasteiger partial charge in [0.2, 0.25) is 0 Å². The molecule has 25 heavy (non-hydrogen) atoms. The zero-order valence-corrected chi connectivity index (χ0v) is 13.7. The van der Waals surface area contributed by atoms with Crippen molar-refractivity contribution in [2.75, 3.05) is 0 Å². The third kappa shape index (κ3) is 5.77. The van der Waals surface area contributed by atoms with Crippen molar-refractivity contribution in [1.29, 1.82) is 0 Å². The molecule has 0 amide bonds. The van der Waals surface area contributed by atoms with Crippen LogP contribution in [0.25, 0.3) is 0 Å². The van der Waals surface area contributed by atoms with Crippen LogP contribution in [0, 0.1) is 5.92 Å². The molecule has 134 valence electrons. The van der Waals surface area contributed by atoms with Crippen LogP contribution in [0.3, 0.4) is 0 Å². The number of phenolic OH excluding ortho intramolecular Hbond substituents is 2. The van der Waals surface area contributed by atoms with Crippen LogP contribution >= 0.6 is 0 Å². The second kappa shape index (κ2) is 8.50. The highest BCUT2D eigenvalue weighted by atomic mass is 16.4. The van der Waals surface area contributed by atoms with E-state index in [2.05, 4.69) is 0 Å². The van der Waals surface area contributed by atoms with Crippen LogP contribution in [0.15, 0.2) is 48.5 Å². The Labute approximate surface area is 146 Å². The Morgan fingerprint density at radius 3 is 1.76 bits per heavy atom. The Morgan fingerprint density at radius 2 is 1.32 bits per heavy atom. The number of aliphatic hydroxyl groups excluding tert-OH is 1. The average molecular weight is 345 g/mol. The van der Waals surface area contributed by atoms with Crippen molar-refractivity contribution >= 4 is 5.97 Å². The second-order valence-corrected chi connectivity index (χ2v) is 6.24. The summed E-state index contributed by atoms with van der Waals surface area (Å²) in [7, 11) is 0. The molecule has 0 aliphatic rings. The molecule has 6 N–H and O–H groups in total. The minimum absolute atomic E-state index is 0.0372. The van der Waals surface area contributed by atoms with Crippen LogP contribution < -0.4 is 5.73 Å². The molecule has 0 fully saturated rings. The van der Waals surface area contributed by atoms with Crippen molar-refractivity contribution in [2.24, 2.45) is 11.7 Å². The van der Waals surface area contributed by atoms with Gasteiger partial charge >= 0.3 is 5.97 Å². The molecule has 0 spiro atoms. The highest BCUT2D eigenvalue weighted by Crippen LogP contribution is 2.20. The standard InChI is InChI=1S/C19H23NO5/c20-17(10-13-3-7-16(22)8-4-13)18(23)11-14(19(24)25)9-12-1-5-15(21)6-2-12/h1-8,14,17-18,21-23H,9-11,20H2,(H,24,25)/t14-,17+,18+/m1/s1. The van der Waals surface area contributed by atoms with E-state index in [1.807, 2.05) is 0 Å². The molecule has 0 saturated carbocycles. The Balaban J connectivity index is 1.96. The summed E-state index contributed by atoms with van der Waals surface area (Å²) in [6.45, 7) is 0.